The van der Waals surface area contributed by atoms with Gasteiger partial charge in [-0.3, -0.25) is 4.79 Å². The van der Waals surface area contributed by atoms with Crippen molar-refractivity contribution in [2.45, 2.75) is 27.4 Å². The molecule has 0 bridgehead atoms. The van der Waals surface area contributed by atoms with Gasteiger partial charge in [0.1, 0.15) is 13.7 Å². The Morgan fingerprint density at radius 1 is 1.17 bits per heavy atom. The van der Waals surface area contributed by atoms with Crippen molar-refractivity contribution >= 4 is 12.2 Å². The molecule has 0 aromatic heterocycles. The number of halogens is 4. The SMILES string of the molecule is CO/N=C\[C@H]1[C@@H](C(=O)OCc2c(F)c(F)c(C)c(F)c2F)C1(C)C. The van der Waals surface area contributed by atoms with E-state index in [1.54, 1.807) is 13.8 Å². The second kappa shape index (κ2) is 6.41. The topological polar surface area (TPSA) is 47.9 Å². The van der Waals surface area contributed by atoms with E-state index in [-0.39, 0.29) is 5.92 Å². The lowest BCUT2D eigenvalue weighted by atomic mass is 10.1. The van der Waals surface area contributed by atoms with Crippen LogP contribution < -0.4 is 0 Å². The normalized spacial score (nSPS) is 21.8. The van der Waals surface area contributed by atoms with Crippen molar-refractivity contribution in [1.29, 1.82) is 0 Å². The highest BCUT2D eigenvalue weighted by Gasteiger charge is 2.62. The maximum absolute atomic E-state index is 13.8. The summed E-state index contributed by atoms with van der Waals surface area (Å²) in [6, 6.07) is 0. The number of hydrogen-bond acceptors (Lipinski definition) is 4. The molecule has 0 aliphatic heterocycles. The Hall–Kier alpha value is -2.12. The summed E-state index contributed by atoms with van der Waals surface area (Å²) in [5, 5.41) is 3.59. The summed E-state index contributed by atoms with van der Waals surface area (Å²) in [6.45, 7) is 3.60. The number of oxime groups is 1. The van der Waals surface area contributed by atoms with E-state index >= 15 is 0 Å². The zero-order valence-electron chi connectivity index (χ0n) is 13.6. The van der Waals surface area contributed by atoms with Gasteiger partial charge in [0.15, 0.2) is 23.3 Å². The third kappa shape index (κ3) is 2.97. The first-order chi connectivity index (χ1) is 11.1. The molecule has 0 radical (unpaired) electrons. The quantitative estimate of drug-likeness (QED) is 0.269. The Labute approximate surface area is 136 Å². The molecule has 24 heavy (non-hydrogen) atoms. The number of esters is 1. The monoisotopic (exact) mass is 347 g/mol. The van der Waals surface area contributed by atoms with Crippen molar-refractivity contribution in [2.24, 2.45) is 22.4 Å². The molecule has 4 nitrogen and oxygen atoms in total. The number of rotatable bonds is 5. The van der Waals surface area contributed by atoms with Gasteiger partial charge in [-0.25, -0.2) is 17.6 Å². The van der Waals surface area contributed by atoms with Crippen LogP contribution in [0.3, 0.4) is 0 Å². The van der Waals surface area contributed by atoms with Crippen LogP contribution >= 0.6 is 0 Å². The van der Waals surface area contributed by atoms with Crippen LogP contribution in [0, 0.1) is 47.4 Å². The molecule has 1 fully saturated rings. The molecule has 0 spiro atoms. The highest BCUT2D eigenvalue weighted by Crippen LogP contribution is 2.57. The molecule has 1 aromatic carbocycles. The van der Waals surface area contributed by atoms with Gasteiger partial charge in [-0.2, -0.15) is 0 Å². The maximum Gasteiger partial charge on any atom is 0.310 e. The summed E-state index contributed by atoms with van der Waals surface area (Å²) in [5.74, 6) is -7.70. The highest BCUT2D eigenvalue weighted by molar-refractivity contribution is 5.85. The molecule has 0 heterocycles. The fraction of sp³-hybridized carbons (Fsp3) is 0.500. The predicted octanol–water partition coefficient (Wildman–Crippen LogP) is 3.50. The molecular formula is C16H17F4NO3. The molecule has 2 rings (SSSR count). The van der Waals surface area contributed by atoms with Crippen LogP contribution in [0.5, 0.6) is 0 Å². The van der Waals surface area contributed by atoms with Gasteiger partial charge < -0.3 is 9.57 Å². The minimum Gasteiger partial charge on any atom is -0.460 e. The van der Waals surface area contributed by atoms with Crippen molar-refractivity contribution in [2.75, 3.05) is 7.11 Å². The van der Waals surface area contributed by atoms with E-state index in [1.165, 1.54) is 13.3 Å². The largest absolute Gasteiger partial charge is 0.460 e. The summed E-state index contributed by atoms with van der Waals surface area (Å²) in [6.07, 6.45) is 1.44. The molecule has 8 heteroatoms. The first-order valence-corrected chi connectivity index (χ1v) is 7.19. The van der Waals surface area contributed by atoms with Crippen LogP contribution in [0.4, 0.5) is 17.6 Å². The number of hydrogen-bond donors (Lipinski definition) is 0. The molecule has 2 atom stereocenters. The van der Waals surface area contributed by atoms with E-state index in [0.29, 0.717) is 0 Å². The van der Waals surface area contributed by atoms with Crippen molar-refractivity contribution in [1.82, 2.24) is 0 Å². The lowest BCUT2D eigenvalue weighted by molar-refractivity contribution is -0.147. The average molecular weight is 347 g/mol. The van der Waals surface area contributed by atoms with Gasteiger partial charge in [-0.1, -0.05) is 19.0 Å². The third-order valence-electron chi connectivity index (χ3n) is 4.42. The highest BCUT2D eigenvalue weighted by atomic mass is 19.2. The van der Waals surface area contributed by atoms with Gasteiger partial charge in [0.2, 0.25) is 0 Å². The van der Waals surface area contributed by atoms with Gasteiger partial charge in [0.25, 0.3) is 0 Å². The van der Waals surface area contributed by atoms with Gasteiger partial charge in [-0.05, 0) is 12.3 Å². The van der Waals surface area contributed by atoms with Crippen LogP contribution in [0.1, 0.15) is 25.0 Å². The van der Waals surface area contributed by atoms with Gasteiger partial charge in [0.05, 0.1) is 11.5 Å². The molecule has 1 saturated carbocycles. The fourth-order valence-electron chi connectivity index (χ4n) is 2.68. The van der Waals surface area contributed by atoms with Gasteiger partial charge in [0, 0.05) is 17.7 Å². The number of nitrogens with zero attached hydrogens (tertiary/aromatic N) is 1. The zero-order chi connectivity index (χ0) is 18.2. The van der Waals surface area contributed by atoms with Crippen LogP contribution in [-0.4, -0.2) is 19.3 Å². The maximum atomic E-state index is 13.8. The van der Waals surface area contributed by atoms with Gasteiger partial charge in [-0.15, -0.1) is 0 Å². The van der Waals surface area contributed by atoms with E-state index < -0.39 is 58.3 Å². The first kappa shape index (κ1) is 18.2. The predicted molar refractivity (Wildman–Crippen MR) is 77.1 cm³/mol. The summed E-state index contributed by atoms with van der Waals surface area (Å²) in [7, 11) is 1.35. The van der Waals surface area contributed by atoms with E-state index in [2.05, 4.69) is 9.99 Å². The molecular weight excluding hydrogens is 330 g/mol. The molecule has 0 N–H and O–H groups in total. The lowest BCUT2D eigenvalue weighted by Gasteiger charge is -2.10. The van der Waals surface area contributed by atoms with Crippen LogP contribution in [-0.2, 0) is 21.0 Å². The fourth-order valence-corrected chi connectivity index (χ4v) is 2.68. The standard InChI is InChI=1S/C16H17F4NO3/c1-7-11(17)13(19)8(14(20)12(7)18)6-24-15(22)10-9(5-21-23-4)16(10,2)3/h5,9-10H,6H2,1-4H3/b21-5-/t9-,10-/m0/s1. The van der Waals surface area contributed by atoms with Crippen LogP contribution in [0.25, 0.3) is 0 Å². The van der Waals surface area contributed by atoms with Crippen LogP contribution in [0.2, 0.25) is 0 Å². The second-order valence-corrected chi connectivity index (χ2v) is 6.23. The summed E-state index contributed by atoms with van der Waals surface area (Å²) >= 11 is 0. The Morgan fingerprint density at radius 3 is 2.21 bits per heavy atom. The number of benzene rings is 1. The average Bonchev–Trinajstić information content (AvgIpc) is 3.09. The smallest absolute Gasteiger partial charge is 0.310 e. The Kier molecular flexibility index (Phi) is 4.87. The molecule has 1 aromatic rings. The van der Waals surface area contributed by atoms with E-state index in [4.69, 9.17) is 4.74 Å². The molecule has 0 unspecified atom stereocenters. The van der Waals surface area contributed by atoms with E-state index in [0.717, 1.165) is 6.92 Å². The minimum atomic E-state index is -1.56. The number of carbonyl (C=O) groups is 1. The zero-order valence-corrected chi connectivity index (χ0v) is 13.6. The lowest BCUT2D eigenvalue weighted by Crippen LogP contribution is -2.14. The van der Waals surface area contributed by atoms with E-state index in [1.807, 2.05) is 0 Å². The summed E-state index contributed by atoms with van der Waals surface area (Å²) < 4.78 is 59.4. The Balaban J connectivity index is 2.13. The van der Waals surface area contributed by atoms with Crippen molar-refractivity contribution in [3.8, 4) is 0 Å². The third-order valence-corrected chi connectivity index (χ3v) is 4.42. The minimum absolute atomic E-state index is 0.258. The number of carbonyl (C=O) groups excluding carboxylic acids is 1. The molecule has 1 aliphatic rings. The Morgan fingerprint density at radius 2 is 1.71 bits per heavy atom. The van der Waals surface area contributed by atoms with Crippen LogP contribution in [0.15, 0.2) is 5.16 Å². The van der Waals surface area contributed by atoms with Crippen molar-refractivity contribution < 1.29 is 31.9 Å². The molecule has 132 valence electrons. The molecule has 1 aliphatic carbocycles. The first-order valence-electron chi connectivity index (χ1n) is 7.19. The number of ether oxygens (including phenoxy) is 1. The summed E-state index contributed by atoms with van der Waals surface area (Å²) in [5.41, 5.74) is -2.18. The second-order valence-electron chi connectivity index (χ2n) is 6.23. The summed E-state index contributed by atoms with van der Waals surface area (Å²) in [4.78, 5) is 16.6. The molecule has 0 amide bonds. The van der Waals surface area contributed by atoms with Gasteiger partial charge >= 0.3 is 5.97 Å². The van der Waals surface area contributed by atoms with Crippen molar-refractivity contribution in [3.05, 3.63) is 34.4 Å². The van der Waals surface area contributed by atoms with E-state index in [9.17, 15) is 22.4 Å². The molecule has 0 saturated heterocycles. The Bertz CT molecular complexity index is 674. The van der Waals surface area contributed by atoms with Crippen molar-refractivity contribution in [3.63, 3.8) is 0 Å².